The molecule has 0 amide bonds. The quantitative estimate of drug-likeness (QED) is 0.371. The van der Waals surface area contributed by atoms with Gasteiger partial charge in [-0.3, -0.25) is 0 Å². The van der Waals surface area contributed by atoms with Gasteiger partial charge in [0.1, 0.15) is 5.60 Å². The Hall–Kier alpha value is -1.86. The Balaban J connectivity index is 3.06. The van der Waals surface area contributed by atoms with Crippen molar-refractivity contribution in [1.29, 1.82) is 0 Å². The topological polar surface area (TPSA) is 35.5 Å². The van der Waals surface area contributed by atoms with Crippen LogP contribution in [0, 0.1) is 29.1 Å². The summed E-state index contributed by atoms with van der Waals surface area (Å²) < 4.78 is 74.9. The fourth-order valence-electron chi connectivity index (χ4n) is 1.30. The molecule has 0 aliphatic rings. The molecule has 0 heterocycles. The average molecular weight is 312 g/mol. The van der Waals surface area contributed by atoms with Gasteiger partial charge >= 0.3 is 5.97 Å². The molecule has 1 unspecified atom stereocenters. The van der Waals surface area contributed by atoms with E-state index in [9.17, 15) is 26.7 Å². The first-order valence-electron chi connectivity index (χ1n) is 5.86. The smallest absolute Gasteiger partial charge is 0.347 e. The second-order valence-electron chi connectivity index (χ2n) is 5.19. The van der Waals surface area contributed by atoms with Gasteiger partial charge in [0.05, 0.1) is 0 Å². The fraction of sp³-hybridized carbons (Fsp3) is 0.462. The second kappa shape index (κ2) is 5.87. The van der Waals surface area contributed by atoms with Crippen LogP contribution in [0.1, 0.15) is 27.7 Å². The number of halogens is 5. The first kappa shape index (κ1) is 17.2. The number of ether oxygens (including phenoxy) is 2. The predicted octanol–water partition coefficient (Wildman–Crippen LogP) is 3.49. The van der Waals surface area contributed by atoms with Crippen molar-refractivity contribution < 1.29 is 36.2 Å². The highest BCUT2D eigenvalue weighted by atomic mass is 19.2. The van der Waals surface area contributed by atoms with E-state index in [1.807, 2.05) is 0 Å². The van der Waals surface area contributed by atoms with E-state index in [-0.39, 0.29) is 0 Å². The SMILES string of the molecule is CC(Oc1c(F)c(F)c(F)c(F)c1F)C(=O)OC(C)(C)C. The molecule has 0 bridgehead atoms. The van der Waals surface area contributed by atoms with E-state index in [4.69, 9.17) is 4.74 Å². The molecule has 0 aromatic heterocycles. The first-order chi connectivity index (χ1) is 9.45. The van der Waals surface area contributed by atoms with E-state index in [1.165, 1.54) is 20.8 Å². The van der Waals surface area contributed by atoms with Gasteiger partial charge in [-0.25, -0.2) is 18.0 Å². The summed E-state index contributed by atoms with van der Waals surface area (Å²) in [5.74, 6) is -13.4. The van der Waals surface area contributed by atoms with E-state index in [1.54, 1.807) is 0 Å². The summed E-state index contributed by atoms with van der Waals surface area (Å²) in [5, 5.41) is 0. The van der Waals surface area contributed by atoms with Crippen LogP contribution >= 0.6 is 0 Å². The van der Waals surface area contributed by atoms with Crippen molar-refractivity contribution in [2.24, 2.45) is 0 Å². The van der Waals surface area contributed by atoms with Crippen molar-refractivity contribution in [2.75, 3.05) is 0 Å². The Morgan fingerprint density at radius 2 is 1.29 bits per heavy atom. The van der Waals surface area contributed by atoms with Crippen LogP contribution in [0.15, 0.2) is 0 Å². The number of carbonyl (C=O) groups excluding carboxylic acids is 1. The highest BCUT2D eigenvalue weighted by Crippen LogP contribution is 2.30. The number of benzene rings is 1. The van der Waals surface area contributed by atoms with Crippen molar-refractivity contribution >= 4 is 5.97 Å². The standard InChI is InChI=1S/C13H13F5O3/c1-5(12(19)21-13(2,3)4)20-11-9(17)7(15)6(14)8(16)10(11)18/h5H,1-4H3. The average Bonchev–Trinajstić information content (AvgIpc) is 2.37. The van der Waals surface area contributed by atoms with Gasteiger partial charge in [0.2, 0.25) is 29.1 Å². The molecule has 118 valence electrons. The van der Waals surface area contributed by atoms with Crippen LogP contribution in [0.2, 0.25) is 0 Å². The van der Waals surface area contributed by atoms with Gasteiger partial charge in [-0.1, -0.05) is 0 Å². The Morgan fingerprint density at radius 3 is 1.67 bits per heavy atom. The maximum absolute atomic E-state index is 13.4. The molecule has 0 aliphatic carbocycles. The number of rotatable bonds is 3. The summed E-state index contributed by atoms with van der Waals surface area (Å²) in [7, 11) is 0. The zero-order chi connectivity index (χ0) is 16.5. The van der Waals surface area contributed by atoms with E-state index in [0.29, 0.717) is 0 Å². The minimum absolute atomic E-state index is 0.898. The van der Waals surface area contributed by atoms with Crippen LogP contribution in [0.5, 0.6) is 5.75 Å². The van der Waals surface area contributed by atoms with Crippen LogP contribution < -0.4 is 4.74 Å². The molecule has 0 saturated heterocycles. The maximum Gasteiger partial charge on any atom is 0.347 e. The molecule has 0 N–H and O–H groups in total. The predicted molar refractivity (Wildman–Crippen MR) is 62.2 cm³/mol. The molecular weight excluding hydrogens is 299 g/mol. The zero-order valence-corrected chi connectivity index (χ0v) is 11.7. The maximum atomic E-state index is 13.4. The molecular formula is C13H13F5O3. The Bertz CT molecular complexity index is 537. The molecule has 0 saturated carbocycles. The van der Waals surface area contributed by atoms with Crippen molar-refractivity contribution in [1.82, 2.24) is 0 Å². The first-order valence-corrected chi connectivity index (χ1v) is 5.86. The lowest BCUT2D eigenvalue weighted by Crippen LogP contribution is -2.33. The summed E-state index contributed by atoms with van der Waals surface area (Å²) >= 11 is 0. The van der Waals surface area contributed by atoms with E-state index < -0.39 is 52.5 Å². The number of hydrogen-bond acceptors (Lipinski definition) is 3. The monoisotopic (exact) mass is 312 g/mol. The largest absolute Gasteiger partial charge is 0.473 e. The summed E-state index contributed by atoms with van der Waals surface area (Å²) in [6.45, 7) is 5.67. The third-order valence-corrected chi connectivity index (χ3v) is 2.20. The van der Waals surface area contributed by atoms with Gasteiger partial charge in [-0.15, -0.1) is 0 Å². The molecule has 0 aliphatic heterocycles. The van der Waals surface area contributed by atoms with E-state index in [0.717, 1.165) is 6.92 Å². The Morgan fingerprint density at radius 1 is 0.905 bits per heavy atom. The highest BCUT2D eigenvalue weighted by Gasteiger charge is 2.30. The van der Waals surface area contributed by atoms with Gasteiger partial charge in [0.15, 0.2) is 11.9 Å². The Labute approximate surface area is 117 Å². The molecule has 21 heavy (non-hydrogen) atoms. The normalized spacial score (nSPS) is 13.0. The molecule has 3 nitrogen and oxygen atoms in total. The Kier molecular flexibility index (Phi) is 4.80. The molecule has 8 heteroatoms. The molecule has 1 aromatic carbocycles. The molecule has 0 radical (unpaired) electrons. The third kappa shape index (κ3) is 3.83. The lowest BCUT2D eigenvalue weighted by molar-refractivity contribution is -0.162. The summed E-state index contributed by atoms with van der Waals surface area (Å²) in [4.78, 5) is 11.6. The fourth-order valence-corrected chi connectivity index (χ4v) is 1.30. The van der Waals surface area contributed by atoms with Crippen LogP contribution in [-0.4, -0.2) is 17.7 Å². The van der Waals surface area contributed by atoms with Crippen LogP contribution in [0.3, 0.4) is 0 Å². The highest BCUT2D eigenvalue weighted by molar-refractivity contribution is 5.75. The van der Waals surface area contributed by atoms with Crippen LogP contribution in [-0.2, 0) is 9.53 Å². The van der Waals surface area contributed by atoms with Crippen LogP contribution in [0.4, 0.5) is 22.0 Å². The van der Waals surface area contributed by atoms with Crippen molar-refractivity contribution in [3.63, 3.8) is 0 Å². The number of esters is 1. The zero-order valence-electron chi connectivity index (χ0n) is 11.7. The van der Waals surface area contributed by atoms with E-state index in [2.05, 4.69) is 4.74 Å². The van der Waals surface area contributed by atoms with Gasteiger partial charge in [-0.05, 0) is 27.7 Å². The van der Waals surface area contributed by atoms with Crippen molar-refractivity contribution in [3.8, 4) is 5.75 Å². The van der Waals surface area contributed by atoms with Gasteiger partial charge < -0.3 is 9.47 Å². The summed E-state index contributed by atoms with van der Waals surface area (Å²) in [5.41, 5.74) is -0.898. The summed E-state index contributed by atoms with van der Waals surface area (Å²) in [6.07, 6.45) is -1.56. The minimum Gasteiger partial charge on any atom is -0.473 e. The molecule has 0 fully saturated rings. The summed E-state index contributed by atoms with van der Waals surface area (Å²) in [6, 6.07) is 0. The molecule has 1 aromatic rings. The van der Waals surface area contributed by atoms with E-state index >= 15 is 0 Å². The molecule has 1 atom stereocenters. The van der Waals surface area contributed by atoms with Gasteiger partial charge in [0.25, 0.3) is 0 Å². The third-order valence-electron chi connectivity index (χ3n) is 2.20. The lowest BCUT2D eigenvalue weighted by atomic mass is 10.2. The number of hydrogen-bond donors (Lipinski definition) is 0. The molecule has 1 rings (SSSR count). The second-order valence-corrected chi connectivity index (χ2v) is 5.19. The van der Waals surface area contributed by atoms with Crippen molar-refractivity contribution in [2.45, 2.75) is 39.4 Å². The minimum atomic E-state index is -2.30. The van der Waals surface area contributed by atoms with Crippen molar-refractivity contribution in [3.05, 3.63) is 29.1 Å². The molecule has 0 spiro atoms. The number of carbonyl (C=O) groups is 1. The van der Waals surface area contributed by atoms with Gasteiger partial charge in [0, 0.05) is 0 Å². The van der Waals surface area contributed by atoms with Crippen LogP contribution in [0.25, 0.3) is 0 Å². The lowest BCUT2D eigenvalue weighted by Gasteiger charge is -2.23. The van der Waals surface area contributed by atoms with Gasteiger partial charge in [-0.2, -0.15) is 8.78 Å².